The lowest BCUT2D eigenvalue weighted by Gasteiger charge is -1.91. The van der Waals surface area contributed by atoms with Crippen LogP contribution in [0, 0.1) is 0 Å². The summed E-state index contributed by atoms with van der Waals surface area (Å²) in [5, 5.41) is 0. The van der Waals surface area contributed by atoms with E-state index in [-0.39, 0.29) is 34.0 Å². The van der Waals surface area contributed by atoms with Gasteiger partial charge < -0.3 is 17.0 Å². The van der Waals surface area contributed by atoms with Crippen LogP contribution >= 0.6 is 17.0 Å². The summed E-state index contributed by atoms with van der Waals surface area (Å²) < 4.78 is 1.97. The molecule has 0 N–H and O–H groups in total. The summed E-state index contributed by atoms with van der Waals surface area (Å²) in [6.07, 6.45) is 5.74. The molecule has 2 heterocycles. The lowest BCUT2D eigenvalue weighted by atomic mass is 10.4. The van der Waals surface area contributed by atoms with Crippen molar-refractivity contribution < 1.29 is 21.5 Å². The number of halogens is 2. The van der Waals surface area contributed by atoms with Crippen molar-refractivity contribution in [3.63, 3.8) is 0 Å². The standard InChI is InChI=1S/C10H9N2.2BrH/c1-4-8-12(9-5-1)10-6-2-3-7-11-10;;/h1-9H;2*1H/q+1;;/p-1. The molecule has 0 saturated heterocycles. The fourth-order valence-corrected chi connectivity index (χ4v) is 1.06. The molecular weight excluding hydrogens is 308 g/mol. The van der Waals surface area contributed by atoms with Crippen LogP contribution in [-0.2, 0) is 0 Å². The van der Waals surface area contributed by atoms with Gasteiger partial charge in [0.05, 0.1) is 12.4 Å². The molecule has 0 unspecified atom stereocenters. The SMILES string of the molecule is Br.[Br-].c1cc[n+](-c2ccccn2)cc1. The summed E-state index contributed by atoms with van der Waals surface area (Å²) in [4.78, 5) is 4.21. The third kappa shape index (κ3) is 3.20. The first kappa shape index (κ1) is 13.3. The molecule has 0 radical (unpaired) electrons. The number of rotatable bonds is 1. The van der Waals surface area contributed by atoms with Crippen LogP contribution in [0.4, 0.5) is 0 Å². The van der Waals surface area contributed by atoms with Gasteiger partial charge in [-0.15, -0.1) is 17.0 Å². The Labute approximate surface area is 104 Å². The van der Waals surface area contributed by atoms with Gasteiger partial charge in [-0.25, -0.2) is 4.57 Å². The summed E-state index contributed by atoms with van der Waals surface area (Å²) in [6.45, 7) is 0. The van der Waals surface area contributed by atoms with Gasteiger partial charge in [-0.05, 0) is 23.2 Å². The Morgan fingerprint density at radius 2 is 1.64 bits per heavy atom. The number of hydrogen-bond acceptors (Lipinski definition) is 1. The van der Waals surface area contributed by atoms with E-state index in [0.717, 1.165) is 5.82 Å². The van der Waals surface area contributed by atoms with E-state index in [4.69, 9.17) is 0 Å². The molecule has 0 aromatic carbocycles. The van der Waals surface area contributed by atoms with Gasteiger partial charge in [-0.3, -0.25) is 0 Å². The van der Waals surface area contributed by atoms with Gasteiger partial charge in [0.2, 0.25) is 0 Å². The lowest BCUT2D eigenvalue weighted by molar-refractivity contribution is -0.599. The van der Waals surface area contributed by atoms with Crippen LogP contribution in [0.5, 0.6) is 0 Å². The zero-order valence-electron chi connectivity index (χ0n) is 7.38. The highest BCUT2D eigenvalue weighted by molar-refractivity contribution is 8.93. The molecule has 0 bridgehead atoms. The van der Waals surface area contributed by atoms with E-state index in [2.05, 4.69) is 4.98 Å². The van der Waals surface area contributed by atoms with Crippen molar-refractivity contribution in [3.8, 4) is 5.82 Å². The van der Waals surface area contributed by atoms with Crippen LogP contribution in [0.25, 0.3) is 5.82 Å². The van der Waals surface area contributed by atoms with Crippen molar-refractivity contribution >= 4 is 17.0 Å². The van der Waals surface area contributed by atoms with Gasteiger partial charge in [0.15, 0.2) is 0 Å². The molecule has 0 aliphatic rings. The molecule has 74 valence electrons. The zero-order chi connectivity index (χ0) is 8.23. The topological polar surface area (TPSA) is 16.8 Å². The summed E-state index contributed by atoms with van der Waals surface area (Å²) in [5.74, 6) is 0.943. The van der Waals surface area contributed by atoms with Crippen molar-refractivity contribution in [3.05, 3.63) is 55.0 Å². The van der Waals surface area contributed by atoms with E-state index in [1.807, 2.05) is 53.4 Å². The quantitative estimate of drug-likeness (QED) is 0.613. The highest BCUT2D eigenvalue weighted by Crippen LogP contribution is 1.91. The van der Waals surface area contributed by atoms with Crippen LogP contribution in [0.1, 0.15) is 0 Å². The minimum atomic E-state index is 0. The Balaban J connectivity index is 0.000000845. The van der Waals surface area contributed by atoms with Crippen LogP contribution in [0.2, 0.25) is 0 Å². The predicted octanol–water partition coefficient (Wildman–Crippen LogP) is -1.06. The average Bonchev–Trinajstić information content (AvgIpc) is 2.21. The van der Waals surface area contributed by atoms with E-state index in [1.165, 1.54) is 0 Å². The summed E-state index contributed by atoms with van der Waals surface area (Å²) >= 11 is 0. The first-order valence-electron chi connectivity index (χ1n) is 3.84. The Hall–Kier alpha value is -0.740. The van der Waals surface area contributed by atoms with E-state index in [0.29, 0.717) is 0 Å². The summed E-state index contributed by atoms with van der Waals surface area (Å²) in [6, 6.07) is 11.8. The maximum Gasteiger partial charge on any atom is 0.327 e. The average molecular weight is 318 g/mol. The molecule has 4 heteroatoms. The molecule has 0 spiro atoms. The van der Waals surface area contributed by atoms with Gasteiger partial charge in [0.1, 0.15) is 6.20 Å². The Bertz CT molecular complexity index is 314. The fraction of sp³-hybridized carbons (Fsp3) is 0. The molecule has 14 heavy (non-hydrogen) atoms. The molecule has 0 amide bonds. The highest BCUT2D eigenvalue weighted by atomic mass is 79.9. The fourth-order valence-electron chi connectivity index (χ4n) is 1.06. The second-order valence-electron chi connectivity index (χ2n) is 2.47. The first-order valence-corrected chi connectivity index (χ1v) is 3.84. The van der Waals surface area contributed by atoms with Crippen molar-refractivity contribution in [2.24, 2.45) is 0 Å². The summed E-state index contributed by atoms with van der Waals surface area (Å²) in [7, 11) is 0. The van der Waals surface area contributed by atoms with Gasteiger partial charge >= 0.3 is 5.82 Å². The van der Waals surface area contributed by atoms with Crippen LogP contribution in [-0.4, -0.2) is 4.98 Å². The first-order chi connectivity index (χ1) is 5.97. The molecule has 0 aliphatic heterocycles. The molecule has 0 saturated carbocycles. The highest BCUT2D eigenvalue weighted by Gasteiger charge is 2.01. The molecule has 2 aromatic heterocycles. The van der Waals surface area contributed by atoms with Gasteiger partial charge in [0.25, 0.3) is 0 Å². The number of nitrogens with zero attached hydrogens (tertiary/aromatic N) is 2. The largest absolute Gasteiger partial charge is 1.00 e. The van der Waals surface area contributed by atoms with Gasteiger partial charge in [-0.2, -0.15) is 0 Å². The van der Waals surface area contributed by atoms with E-state index < -0.39 is 0 Å². The van der Waals surface area contributed by atoms with E-state index in [1.54, 1.807) is 6.20 Å². The predicted molar refractivity (Wildman–Crippen MR) is 56.1 cm³/mol. The summed E-state index contributed by atoms with van der Waals surface area (Å²) in [5.41, 5.74) is 0. The lowest BCUT2D eigenvalue weighted by Crippen LogP contribution is -3.00. The Morgan fingerprint density at radius 1 is 0.929 bits per heavy atom. The third-order valence-electron chi connectivity index (χ3n) is 1.63. The Kier molecular flexibility index (Phi) is 6.32. The maximum atomic E-state index is 4.21. The second-order valence-corrected chi connectivity index (χ2v) is 2.47. The minimum absolute atomic E-state index is 0. The molecule has 0 aliphatic carbocycles. The monoisotopic (exact) mass is 316 g/mol. The van der Waals surface area contributed by atoms with Crippen molar-refractivity contribution in [2.75, 3.05) is 0 Å². The Morgan fingerprint density at radius 3 is 2.21 bits per heavy atom. The molecule has 2 aromatic rings. The zero-order valence-corrected chi connectivity index (χ0v) is 10.7. The van der Waals surface area contributed by atoms with E-state index in [9.17, 15) is 0 Å². The molecule has 0 fully saturated rings. The second kappa shape index (κ2) is 6.68. The van der Waals surface area contributed by atoms with Gasteiger partial charge in [0, 0.05) is 6.07 Å². The normalized spacial score (nSPS) is 8.29. The molecule has 0 atom stereocenters. The van der Waals surface area contributed by atoms with Crippen LogP contribution in [0.15, 0.2) is 55.0 Å². The number of hydrogen-bond donors (Lipinski definition) is 0. The van der Waals surface area contributed by atoms with Crippen molar-refractivity contribution in [1.29, 1.82) is 0 Å². The molecule has 2 nitrogen and oxygen atoms in total. The molecular formula is C10H10Br2N2. The van der Waals surface area contributed by atoms with Crippen LogP contribution < -0.4 is 21.5 Å². The third-order valence-corrected chi connectivity index (χ3v) is 1.63. The van der Waals surface area contributed by atoms with Crippen molar-refractivity contribution in [2.45, 2.75) is 0 Å². The smallest absolute Gasteiger partial charge is 0.327 e. The number of pyridine rings is 2. The van der Waals surface area contributed by atoms with Gasteiger partial charge in [-0.1, -0.05) is 12.1 Å². The molecule has 2 rings (SSSR count). The number of aromatic nitrogens is 2. The van der Waals surface area contributed by atoms with Crippen LogP contribution in [0.3, 0.4) is 0 Å². The van der Waals surface area contributed by atoms with E-state index >= 15 is 0 Å². The van der Waals surface area contributed by atoms with Crippen molar-refractivity contribution in [1.82, 2.24) is 4.98 Å². The maximum absolute atomic E-state index is 4.21. The minimum Gasteiger partial charge on any atom is -1.00 e.